The molecular weight excluding hydrogens is 330 g/mol. The first kappa shape index (κ1) is 16.6. The molecular formula is C19H21N5O2. The van der Waals surface area contributed by atoms with Crippen LogP contribution in [0, 0.1) is 11.3 Å². The summed E-state index contributed by atoms with van der Waals surface area (Å²) in [6.07, 6.45) is 4.52. The number of pyridine rings is 1. The zero-order valence-corrected chi connectivity index (χ0v) is 14.6. The van der Waals surface area contributed by atoms with Gasteiger partial charge in [-0.25, -0.2) is 4.98 Å². The highest BCUT2D eigenvalue weighted by Gasteiger charge is 2.29. The number of primary amides is 1. The van der Waals surface area contributed by atoms with E-state index in [0.29, 0.717) is 18.7 Å². The minimum atomic E-state index is -0.313. The maximum Gasteiger partial charge on any atom is 0.231 e. The number of anilines is 1. The van der Waals surface area contributed by atoms with Gasteiger partial charge in [-0.15, -0.1) is 0 Å². The molecule has 0 radical (unpaired) electrons. The number of amides is 1. The van der Waals surface area contributed by atoms with Gasteiger partial charge in [-0.2, -0.15) is 5.26 Å². The van der Waals surface area contributed by atoms with Crippen molar-refractivity contribution in [2.75, 3.05) is 37.6 Å². The van der Waals surface area contributed by atoms with Crippen LogP contribution in [0.1, 0.15) is 23.1 Å². The molecule has 7 nitrogen and oxygen atoms in total. The van der Waals surface area contributed by atoms with Crippen molar-refractivity contribution in [3.63, 3.8) is 0 Å². The molecule has 2 aromatic heterocycles. The van der Waals surface area contributed by atoms with Crippen molar-refractivity contribution in [3.8, 4) is 17.5 Å². The lowest BCUT2D eigenvalue weighted by molar-refractivity contribution is -0.119. The summed E-state index contributed by atoms with van der Waals surface area (Å²) in [7, 11) is 0. The molecule has 1 fully saturated rings. The normalized spacial score (nSPS) is 17.1. The second-order valence-corrected chi connectivity index (χ2v) is 6.79. The number of carbonyl (C=O) groups is 1. The van der Waals surface area contributed by atoms with Crippen molar-refractivity contribution in [1.29, 1.82) is 5.26 Å². The van der Waals surface area contributed by atoms with Gasteiger partial charge in [0.25, 0.3) is 0 Å². The number of hydrogen-bond donors (Lipinski definition) is 1. The van der Waals surface area contributed by atoms with E-state index < -0.39 is 0 Å². The van der Waals surface area contributed by atoms with Crippen molar-refractivity contribution < 1.29 is 9.21 Å². The zero-order valence-electron chi connectivity index (χ0n) is 14.6. The SMILES string of the molecule is N#Cc1c(N2CCN(CC(N)=O)CC2)nc(-c2ccco2)c2c1CCC2. The second-order valence-electron chi connectivity index (χ2n) is 6.79. The van der Waals surface area contributed by atoms with Crippen molar-refractivity contribution in [3.05, 3.63) is 35.1 Å². The third kappa shape index (κ3) is 2.93. The molecule has 134 valence electrons. The summed E-state index contributed by atoms with van der Waals surface area (Å²) in [6, 6.07) is 6.16. The molecule has 26 heavy (non-hydrogen) atoms. The van der Waals surface area contributed by atoms with Crippen LogP contribution in [0.4, 0.5) is 5.82 Å². The fourth-order valence-corrected chi connectivity index (χ4v) is 3.95. The van der Waals surface area contributed by atoms with Crippen LogP contribution in [0.2, 0.25) is 0 Å². The van der Waals surface area contributed by atoms with Gasteiger partial charge in [0, 0.05) is 26.2 Å². The van der Waals surface area contributed by atoms with Gasteiger partial charge in [-0.3, -0.25) is 9.69 Å². The summed E-state index contributed by atoms with van der Waals surface area (Å²) in [6.45, 7) is 3.15. The van der Waals surface area contributed by atoms with Gasteiger partial charge < -0.3 is 15.1 Å². The molecule has 1 amide bonds. The molecule has 7 heteroatoms. The smallest absolute Gasteiger partial charge is 0.231 e. The summed E-state index contributed by atoms with van der Waals surface area (Å²) < 4.78 is 5.60. The fraction of sp³-hybridized carbons (Fsp3) is 0.421. The Morgan fingerprint density at radius 1 is 1.27 bits per heavy atom. The summed E-state index contributed by atoms with van der Waals surface area (Å²) in [5.74, 6) is 1.17. The average Bonchev–Trinajstić information content (AvgIpc) is 3.32. The highest BCUT2D eigenvalue weighted by Crippen LogP contribution is 2.37. The third-order valence-corrected chi connectivity index (χ3v) is 5.16. The minimum absolute atomic E-state index is 0.272. The highest BCUT2D eigenvalue weighted by molar-refractivity contribution is 5.76. The number of nitriles is 1. The molecule has 0 atom stereocenters. The van der Waals surface area contributed by atoms with Crippen LogP contribution in [0.5, 0.6) is 0 Å². The van der Waals surface area contributed by atoms with Crippen LogP contribution in [-0.4, -0.2) is 48.5 Å². The number of nitrogens with two attached hydrogens (primary N) is 1. The van der Waals surface area contributed by atoms with Gasteiger partial charge in [0.1, 0.15) is 17.6 Å². The summed E-state index contributed by atoms with van der Waals surface area (Å²) in [4.78, 5) is 20.2. The third-order valence-electron chi connectivity index (χ3n) is 5.16. The minimum Gasteiger partial charge on any atom is -0.463 e. The quantitative estimate of drug-likeness (QED) is 0.891. The number of fused-ring (bicyclic) bond motifs is 1. The van der Waals surface area contributed by atoms with E-state index in [1.165, 1.54) is 0 Å². The number of piperazine rings is 1. The lowest BCUT2D eigenvalue weighted by atomic mass is 10.0. The molecule has 3 heterocycles. The van der Waals surface area contributed by atoms with Gasteiger partial charge in [0.05, 0.1) is 18.4 Å². The molecule has 0 aromatic carbocycles. The summed E-state index contributed by atoms with van der Waals surface area (Å²) in [5.41, 5.74) is 9.10. The van der Waals surface area contributed by atoms with Gasteiger partial charge in [-0.1, -0.05) is 0 Å². The molecule has 2 aliphatic rings. The Hall–Kier alpha value is -2.85. The first-order valence-corrected chi connectivity index (χ1v) is 8.92. The van der Waals surface area contributed by atoms with Gasteiger partial charge in [-0.05, 0) is 42.5 Å². The molecule has 0 unspecified atom stereocenters. The number of carbonyl (C=O) groups excluding carboxylic acids is 1. The predicted molar refractivity (Wildman–Crippen MR) is 96.5 cm³/mol. The Labute approximate surface area is 152 Å². The highest BCUT2D eigenvalue weighted by atomic mass is 16.3. The maximum absolute atomic E-state index is 11.1. The monoisotopic (exact) mass is 351 g/mol. The molecule has 4 rings (SSSR count). The maximum atomic E-state index is 11.1. The fourth-order valence-electron chi connectivity index (χ4n) is 3.95. The van der Waals surface area contributed by atoms with E-state index >= 15 is 0 Å². The van der Waals surface area contributed by atoms with Crippen molar-refractivity contribution in [1.82, 2.24) is 9.88 Å². The van der Waals surface area contributed by atoms with E-state index in [9.17, 15) is 10.1 Å². The topological polar surface area (TPSA) is 99.4 Å². The molecule has 2 aromatic rings. The molecule has 0 saturated carbocycles. The number of rotatable bonds is 4. The first-order chi connectivity index (χ1) is 12.7. The van der Waals surface area contributed by atoms with Gasteiger partial charge >= 0.3 is 0 Å². The molecule has 0 spiro atoms. The molecule has 2 N–H and O–H groups in total. The Bertz CT molecular complexity index is 861. The van der Waals surface area contributed by atoms with Crippen LogP contribution >= 0.6 is 0 Å². The van der Waals surface area contributed by atoms with Crippen molar-refractivity contribution >= 4 is 11.7 Å². The predicted octanol–water partition coefficient (Wildman–Crippen LogP) is 1.31. The van der Waals surface area contributed by atoms with Crippen LogP contribution in [0.25, 0.3) is 11.5 Å². The Morgan fingerprint density at radius 3 is 2.69 bits per heavy atom. The van der Waals surface area contributed by atoms with Gasteiger partial charge in [0.2, 0.25) is 5.91 Å². The summed E-state index contributed by atoms with van der Waals surface area (Å²) in [5, 5.41) is 9.79. The van der Waals surface area contributed by atoms with Gasteiger partial charge in [0.15, 0.2) is 5.76 Å². The molecule has 1 aliphatic heterocycles. The van der Waals surface area contributed by atoms with Crippen LogP contribution in [0.15, 0.2) is 22.8 Å². The number of aromatic nitrogens is 1. The number of nitrogens with zero attached hydrogens (tertiary/aromatic N) is 4. The molecule has 1 saturated heterocycles. The Balaban J connectivity index is 1.69. The average molecular weight is 351 g/mol. The molecule has 0 bridgehead atoms. The van der Waals surface area contributed by atoms with Crippen LogP contribution < -0.4 is 10.6 Å². The van der Waals surface area contributed by atoms with Crippen LogP contribution in [0.3, 0.4) is 0 Å². The Morgan fingerprint density at radius 2 is 2.04 bits per heavy atom. The zero-order chi connectivity index (χ0) is 18.1. The van der Waals surface area contributed by atoms with E-state index in [-0.39, 0.29) is 12.5 Å². The van der Waals surface area contributed by atoms with E-state index in [4.69, 9.17) is 15.1 Å². The largest absolute Gasteiger partial charge is 0.463 e. The van der Waals surface area contributed by atoms with E-state index in [1.54, 1.807) is 6.26 Å². The second kappa shape index (κ2) is 6.81. The summed E-state index contributed by atoms with van der Waals surface area (Å²) >= 11 is 0. The lowest BCUT2D eigenvalue weighted by Gasteiger charge is -2.35. The molecule has 1 aliphatic carbocycles. The lowest BCUT2D eigenvalue weighted by Crippen LogP contribution is -2.49. The van der Waals surface area contributed by atoms with Crippen LogP contribution in [-0.2, 0) is 17.6 Å². The number of furan rings is 1. The van der Waals surface area contributed by atoms with E-state index in [0.717, 1.165) is 60.8 Å². The standard InChI is InChI=1S/C19H21N5O2/c20-11-15-13-3-1-4-14(13)18(16-5-2-10-26-16)22-19(15)24-8-6-23(7-9-24)12-17(21)25/h2,5,10H,1,3-4,6-9,12H2,(H2,21,25). The van der Waals surface area contributed by atoms with Crippen molar-refractivity contribution in [2.24, 2.45) is 5.73 Å². The Kier molecular flexibility index (Phi) is 4.35. The number of hydrogen-bond acceptors (Lipinski definition) is 6. The van der Waals surface area contributed by atoms with E-state index in [2.05, 4.69) is 11.0 Å². The van der Waals surface area contributed by atoms with E-state index in [1.807, 2.05) is 17.0 Å². The first-order valence-electron chi connectivity index (χ1n) is 8.92. The van der Waals surface area contributed by atoms with Crippen molar-refractivity contribution in [2.45, 2.75) is 19.3 Å².